The summed E-state index contributed by atoms with van der Waals surface area (Å²) >= 11 is 5.88. The van der Waals surface area contributed by atoms with Gasteiger partial charge in [-0.15, -0.1) is 0 Å². The van der Waals surface area contributed by atoms with Gasteiger partial charge in [0.25, 0.3) is 5.91 Å². The number of hydrogen-bond donors (Lipinski definition) is 0. The van der Waals surface area contributed by atoms with Gasteiger partial charge >= 0.3 is 0 Å². The Labute approximate surface area is 97.4 Å². The maximum absolute atomic E-state index is 11.5. The molecule has 0 unspecified atom stereocenters. The lowest BCUT2D eigenvalue weighted by atomic mass is 10.3. The third-order valence-electron chi connectivity index (χ3n) is 1.98. The van der Waals surface area contributed by atoms with Gasteiger partial charge in [0.2, 0.25) is 0 Å². The van der Waals surface area contributed by atoms with E-state index < -0.39 is 0 Å². The number of hydrogen-bond acceptors (Lipinski definition) is 3. The molecule has 0 N–H and O–H groups in total. The quantitative estimate of drug-likeness (QED) is 0.821. The average Bonchev–Trinajstić information content (AvgIpc) is 2.81. The molecule has 2 aromatic rings. The van der Waals surface area contributed by atoms with E-state index in [-0.39, 0.29) is 12.5 Å². The normalized spacial score (nSPS) is 10.1. The monoisotopic (exact) mass is 236 g/mol. The lowest BCUT2D eigenvalue weighted by Crippen LogP contribution is -2.17. The minimum Gasteiger partial charge on any atom is -0.482 e. The molecular weight excluding hydrogens is 228 g/mol. The van der Waals surface area contributed by atoms with E-state index in [4.69, 9.17) is 16.3 Å². The number of aromatic nitrogens is 2. The van der Waals surface area contributed by atoms with Crippen LogP contribution < -0.4 is 4.74 Å². The van der Waals surface area contributed by atoms with Gasteiger partial charge in [0.15, 0.2) is 6.61 Å². The number of carbonyl (C=O) groups is 1. The first-order valence-electron chi connectivity index (χ1n) is 4.66. The Hall–Kier alpha value is -1.81. The van der Waals surface area contributed by atoms with Crippen molar-refractivity contribution in [2.75, 3.05) is 6.61 Å². The highest BCUT2D eigenvalue weighted by Crippen LogP contribution is 2.22. The Kier molecular flexibility index (Phi) is 3.22. The molecule has 0 saturated heterocycles. The highest BCUT2D eigenvalue weighted by molar-refractivity contribution is 6.32. The van der Waals surface area contributed by atoms with E-state index in [1.54, 1.807) is 30.5 Å². The molecule has 1 aromatic carbocycles. The second-order valence-corrected chi connectivity index (χ2v) is 3.49. The third kappa shape index (κ3) is 2.41. The average molecular weight is 237 g/mol. The SMILES string of the molecule is O=C(COc1ccccc1Cl)n1ccnc1. The first kappa shape index (κ1) is 10.7. The number of para-hydroxylation sites is 1. The Morgan fingerprint density at radius 2 is 2.25 bits per heavy atom. The standard InChI is InChI=1S/C11H9ClN2O2/c12-9-3-1-2-4-10(9)16-7-11(15)14-6-5-13-8-14/h1-6,8H,7H2. The number of benzene rings is 1. The fourth-order valence-corrected chi connectivity index (χ4v) is 1.37. The fraction of sp³-hybridized carbons (Fsp3) is 0.0909. The molecule has 0 atom stereocenters. The van der Waals surface area contributed by atoms with Crippen molar-refractivity contribution in [1.29, 1.82) is 0 Å². The summed E-state index contributed by atoms with van der Waals surface area (Å²) in [4.78, 5) is 15.3. The first-order valence-corrected chi connectivity index (χ1v) is 5.03. The Morgan fingerprint density at radius 3 is 2.94 bits per heavy atom. The Balaban J connectivity index is 1.98. The lowest BCUT2D eigenvalue weighted by molar-refractivity contribution is 0.0837. The van der Waals surface area contributed by atoms with Gasteiger partial charge in [-0.05, 0) is 12.1 Å². The maximum Gasteiger partial charge on any atom is 0.269 e. The molecule has 0 aliphatic carbocycles. The smallest absolute Gasteiger partial charge is 0.269 e. The molecule has 0 radical (unpaired) electrons. The van der Waals surface area contributed by atoms with E-state index in [0.717, 1.165) is 0 Å². The van der Waals surface area contributed by atoms with Crippen LogP contribution in [0.1, 0.15) is 4.79 Å². The van der Waals surface area contributed by atoms with E-state index in [1.807, 2.05) is 0 Å². The zero-order valence-corrected chi connectivity index (χ0v) is 9.09. The molecule has 2 rings (SSSR count). The highest BCUT2D eigenvalue weighted by atomic mass is 35.5. The Bertz CT molecular complexity index is 482. The molecule has 0 aliphatic rings. The van der Waals surface area contributed by atoms with Crippen LogP contribution in [-0.4, -0.2) is 22.1 Å². The zero-order valence-electron chi connectivity index (χ0n) is 8.34. The van der Waals surface area contributed by atoms with E-state index >= 15 is 0 Å². The summed E-state index contributed by atoms with van der Waals surface area (Å²) in [7, 11) is 0. The molecule has 0 bridgehead atoms. The van der Waals surface area contributed by atoms with Gasteiger partial charge in [0, 0.05) is 12.4 Å². The van der Waals surface area contributed by atoms with Crippen molar-refractivity contribution in [3.05, 3.63) is 48.0 Å². The van der Waals surface area contributed by atoms with Crippen molar-refractivity contribution in [2.45, 2.75) is 0 Å². The van der Waals surface area contributed by atoms with Gasteiger partial charge in [0.05, 0.1) is 5.02 Å². The first-order chi connectivity index (χ1) is 7.77. The fourth-order valence-electron chi connectivity index (χ4n) is 1.18. The number of rotatable bonds is 3. The van der Waals surface area contributed by atoms with Crippen LogP contribution in [-0.2, 0) is 0 Å². The summed E-state index contributed by atoms with van der Waals surface area (Å²) in [5.74, 6) is 0.301. The number of carbonyl (C=O) groups excluding carboxylic acids is 1. The topological polar surface area (TPSA) is 44.1 Å². The van der Waals surface area contributed by atoms with E-state index in [9.17, 15) is 4.79 Å². The molecule has 82 valence electrons. The van der Waals surface area contributed by atoms with Crippen LogP contribution in [0.5, 0.6) is 5.75 Å². The van der Waals surface area contributed by atoms with E-state index in [1.165, 1.54) is 17.1 Å². The lowest BCUT2D eigenvalue weighted by Gasteiger charge is -2.06. The van der Waals surface area contributed by atoms with Crippen molar-refractivity contribution >= 4 is 17.5 Å². The highest BCUT2D eigenvalue weighted by Gasteiger charge is 2.06. The third-order valence-corrected chi connectivity index (χ3v) is 2.29. The molecule has 1 aromatic heterocycles. The molecule has 1 heterocycles. The van der Waals surface area contributed by atoms with E-state index in [0.29, 0.717) is 10.8 Å². The van der Waals surface area contributed by atoms with Crippen LogP contribution in [0.15, 0.2) is 43.0 Å². The molecule has 4 nitrogen and oxygen atoms in total. The molecule has 0 fully saturated rings. The van der Waals surface area contributed by atoms with Crippen LogP contribution in [0.3, 0.4) is 0 Å². The van der Waals surface area contributed by atoms with Crippen molar-refractivity contribution < 1.29 is 9.53 Å². The van der Waals surface area contributed by atoms with Crippen LogP contribution in [0, 0.1) is 0 Å². The number of nitrogens with zero attached hydrogens (tertiary/aromatic N) is 2. The van der Waals surface area contributed by atoms with Crippen molar-refractivity contribution in [3.8, 4) is 5.75 Å². The van der Waals surface area contributed by atoms with Gasteiger partial charge in [-0.25, -0.2) is 4.98 Å². The second kappa shape index (κ2) is 4.81. The zero-order chi connectivity index (χ0) is 11.4. The summed E-state index contributed by atoms with van der Waals surface area (Å²) in [6, 6.07) is 7.01. The number of imidazole rings is 1. The van der Waals surface area contributed by atoms with Gasteiger partial charge in [-0.2, -0.15) is 0 Å². The predicted octanol–water partition coefficient (Wildman–Crippen LogP) is 2.26. The largest absolute Gasteiger partial charge is 0.482 e. The molecule has 0 amide bonds. The van der Waals surface area contributed by atoms with Crippen LogP contribution in [0.25, 0.3) is 0 Å². The molecular formula is C11H9ClN2O2. The van der Waals surface area contributed by atoms with Gasteiger partial charge < -0.3 is 4.74 Å². The van der Waals surface area contributed by atoms with E-state index in [2.05, 4.69) is 4.98 Å². The van der Waals surface area contributed by atoms with Crippen LogP contribution in [0.2, 0.25) is 5.02 Å². The number of ether oxygens (including phenoxy) is 1. The predicted molar refractivity (Wildman–Crippen MR) is 59.8 cm³/mol. The summed E-state index contributed by atoms with van der Waals surface area (Å²) in [5.41, 5.74) is 0. The molecule has 16 heavy (non-hydrogen) atoms. The molecule has 0 saturated carbocycles. The maximum atomic E-state index is 11.5. The summed E-state index contributed by atoms with van der Waals surface area (Å²) < 4.78 is 6.65. The number of halogens is 1. The summed E-state index contributed by atoms with van der Waals surface area (Å²) in [6.07, 6.45) is 4.53. The van der Waals surface area contributed by atoms with Crippen molar-refractivity contribution in [2.24, 2.45) is 0 Å². The van der Waals surface area contributed by atoms with Gasteiger partial charge in [0.1, 0.15) is 12.1 Å². The van der Waals surface area contributed by atoms with Crippen LogP contribution in [0.4, 0.5) is 0 Å². The molecule has 0 aliphatic heterocycles. The minimum absolute atomic E-state index is 0.0694. The van der Waals surface area contributed by atoms with Crippen LogP contribution >= 0.6 is 11.6 Å². The summed E-state index contributed by atoms with van der Waals surface area (Å²) in [6.45, 7) is -0.0694. The Morgan fingerprint density at radius 1 is 1.44 bits per heavy atom. The molecule has 0 spiro atoms. The molecule has 5 heteroatoms. The van der Waals surface area contributed by atoms with Gasteiger partial charge in [-0.3, -0.25) is 9.36 Å². The minimum atomic E-state index is -0.197. The van der Waals surface area contributed by atoms with Gasteiger partial charge in [-0.1, -0.05) is 23.7 Å². The van der Waals surface area contributed by atoms with Crippen molar-refractivity contribution in [3.63, 3.8) is 0 Å². The van der Waals surface area contributed by atoms with Crippen molar-refractivity contribution in [1.82, 2.24) is 9.55 Å². The summed E-state index contributed by atoms with van der Waals surface area (Å²) in [5, 5.41) is 0.487. The second-order valence-electron chi connectivity index (χ2n) is 3.08.